The Morgan fingerprint density at radius 2 is 2.05 bits per heavy atom. The van der Waals surface area contributed by atoms with Gasteiger partial charge in [0.1, 0.15) is 16.6 Å². The first-order valence-corrected chi connectivity index (χ1v) is 7.71. The van der Waals surface area contributed by atoms with Crippen LogP contribution < -0.4 is 10.1 Å². The summed E-state index contributed by atoms with van der Waals surface area (Å²) in [6, 6.07) is 8.32. The van der Waals surface area contributed by atoms with E-state index in [0.717, 1.165) is 33.0 Å². The third-order valence-corrected chi connectivity index (χ3v) is 3.98. The Morgan fingerprint density at radius 3 is 2.81 bits per heavy atom. The summed E-state index contributed by atoms with van der Waals surface area (Å²) in [5, 5.41) is 7.24. The van der Waals surface area contributed by atoms with E-state index < -0.39 is 0 Å². The molecule has 0 atom stereocenters. The smallest absolute Gasteiger partial charge is 0.140 e. The minimum absolute atomic E-state index is 0.358. The number of ether oxygens (including phenoxy) is 1. The Kier molecular flexibility index (Phi) is 3.75. The summed E-state index contributed by atoms with van der Waals surface area (Å²) in [5.41, 5.74) is 1.85. The molecule has 0 spiro atoms. The normalized spacial score (nSPS) is 11.0. The van der Waals surface area contributed by atoms with Crippen LogP contribution in [0.4, 0.5) is 5.82 Å². The molecule has 2 heterocycles. The van der Waals surface area contributed by atoms with Gasteiger partial charge in [-0.05, 0) is 26.0 Å². The third kappa shape index (κ3) is 2.69. The average molecular weight is 299 g/mol. The van der Waals surface area contributed by atoms with Crippen LogP contribution in [-0.2, 0) is 0 Å². The maximum atomic E-state index is 5.61. The van der Waals surface area contributed by atoms with Gasteiger partial charge in [0.25, 0.3) is 0 Å². The zero-order chi connectivity index (χ0) is 14.8. The highest BCUT2D eigenvalue weighted by molar-refractivity contribution is 7.13. The van der Waals surface area contributed by atoms with Gasteiger partial charge in [0.15, 0.2) is 0 Å². The number of hydrogen-bond donors (Lipinski definition) is 1. The maximum absolute atomic E-state index is 5.61. The molecule has 1 aromatic carbocycles. The van der Waals surface area contributed by atoms with Crippen LogP contribution in [-0.4, -0.2) is 23.1 Å². The van der Waals surface area contributed by atoms with Gasteiger partial charge in [-0.25, -0.2) is 4.98 Å². The highest BCUT2D eigenvalue weighted by atomic mass is 32.1. The Bertz CT molecular complexity index is 767. The van der Waals surface area contributed by atoms with Crippen molar-refractivity contribution in [3.8, 4) is 16.3 Å². The van der Waals surface area contributed by atoms with Gasteiger partial charge in [-0.3, -0.25) is 4.98 Å². The third-order valence-electron chi connectivity index (χ3n) is 3.10. The molecule has 0 saturated carbocycles. The van der Waals surface area contributed by atoms with Crippen molar-refractivity contribution in [3.05, 3.63) is 35.8 Å². The number of pyridine rings is 1. The van der Waals surface area contributed by atoms with E-state index in [1.807, 2.05) is 35.8 Å². The van der Waals surface area contributed by atoms with E-state index in [4.69, 9.17) is 4.74 Å². The van der Waals surface area contributed by atoms with Crippen LogP contribution in [0.3, 0.4) is 0 Å². The predicted molar refractivity (Wildman–Crippen MR) is 88.2 cm³/mol. The molecule has 3 aromatic rings. The monoisotopic (exact) mass is 299 g/mol. The Balaban J connectivity index is 2.09. The van der Waals surface area contributed by atoms with Crippen molar-refractivity contribution >= 4 is 28.1 Å². The number of anilines is 1. The van der Waals surface area contributed by atoms with Crippen molar-refractivity contribution in [3.63, 3.8) is 0 Å². The number of aromatic nitrogens is 2. The number of para-hydroxylation sites is 1. The van der Waals surface area contributed by atoms with Crippen LogP contribution >= 0.6 is 11.3 Å². The number of rotatable bonds is 4. The molecule has 1 N–H and O–H groups in total. The van der Waals surface area contributed by atoms with Crippen LogP contribution in [0.2, 0.25) is 0 Å². The Morgan fingerprint density at radius 1 is 1.24 bits per heavy atom. The largest absolute Gasteiger partial charge is 0.495 e. The van der Waals surface area contributed by atoms with Crippen molar-refractivity contribution in [2.24, 2.45) is 0 Å². The zero-order valence-corrected chi connectivity index (χ0v) is 13.1. The van der Waals surface area contributed by atoms with E-state index in [2.05, 4.69) is 29.1 Å². The predicted octanol–water partition coefficient (Wildman–Crippen LogP) is 4.19. The highest BCUT2D eigenvalue weighted by Gasteiger charge is 2.14. The van der Waals surface area contributed by atoms with E-state index in [1.54, 1.807) is 18.4 Å². The summed E-state index contributed by atoms with van der Waals surface area (Å²) in [6.45, 7) is 4.19. The number of nitrogens with zero attached hydrogens (tertiary/aromatic N) is 2. The molecule has 0 radical (unpaired) electrons. The fourth-order valence-electron chi connectivity index (χ4n) is 2.25. The summed E-state index contributed by atoms with van der Waals surface area (Å²) in [6.07, 6.45) is 1.83. The van der Waals surface area contributed by atoms with Gasteiger partial charge < -0.3 is 10.1 Å². The minimum atomic E-state index is 0.358. The second-order valence-corrected chi connectivity index (χ2v) is 5.92. The van der Waals surface area contributed by atoms with E-state index in [0.29, 0.717) is 6.04 Å². The molecule has 2 aromatic heterocycles. The molecule has 4 nitrogen and oxygen atoms in total. The molecule has 0 unspecified atom stereocenters. The summed E-state index contributed by atoms with van der Waals surface area (Å²) in [7, 11) is 1.69. The van der Waals surface area contributed by atoms with E-state index in [1.165, 1.54) is 0 Å². The summed E-state index contributed by atoms with van der Waals surface area (Å²) < 4.78 is 5.61. The maximum Gasteiger partial charge on any atom is 0.140 e. The molecular weight excluding hydrogens is 282 g/mol. The number of fused-ring (bicyclic) bond motifs is 1. The van der Waals surface area contributed by atoms with Gasteiger partial charge >= 0.3 is 0 Å². The van der Waals surface area contributed by atoms with Crippen LogP contribution in [0.15, 0.2) is 35.8 Å². The van der Waals surface area contributed by atoms with Crippen molar-refractivity contribution in [1.82, 2.24) is 9.97 Å². The Labute approximate surface area is 127 Å². The molecule has 0 aliphatic carbocycles. The summed E-state index contributed by atoms with van der Waals surface area (Å²) in [5.74, 6) is 1.71. The quantitative estimate of drug-likeness (QED) is 0.785. The molecule has 5 heteroatoms. The molecule has 0 bridgehead atoms. The lowest BCUT2D eigenvalue weighted by molar-refractivity contribution is 0.421. The molecular formula is C16H17N3OS. The first-order chi connectivity index (χ1) is 10.2. The van der Waals surface area contributed by atoms with Gasteiger partial charge in [-0.1, -0.05) is 12.1 Å². The molecule has 0 fully saturated rings. The van der Waals surface area contributed by atoms with Crippen molar-refractivity contribution in [2.45, 2.75) is 19.9 Å². The fraction of sp³-hybridized carbons (Fsp3) is 0.250. The second kappa shape index (κ2) is 5.69. The van der Waals surface area contributed by atoms with Crippen LogP contribution in [0.1, 0.15) is 13.8 Å². The fourth-order valence-corrected chi connectivity index (χ4v) is 3.02. The number of methoxy groups -OCH3 is 1. The molecule has 21 heavy (non-hydrogen) atoms. The van der Waals surface area contributed by atoms with Gasteiger partial charge in [-0.15, -0.1) is 11.3 Å². The SMILES string of the molecule is COc1c(-c2nc(NC(C)C)cs2)cnc2ccccc12. The summed E-state index contributed by atoms with van der Waals surface area (Å²) >= 11 is 1.59. The topological polar surface area (TPSA) is 47.0 Å². The van der Waals surface area contributed by atoms with Gasteiger partial charge in [0.2, 0.25) is 0 Å². The Hall–Kier alpha value is -2.14. The molecule has 0 aliphatic heterocycles. The van der Waals surface area contributed by atoms with Crippen molar-refractivity contribution in [2.75, 3.05) is 12.4 Å². The molecule has 0 amide bonds. The zero-order valence-electron chi connectivity index (χ0n) is 12.3. The lowest BCUT2D eigenvalue weighted by Crippen LogP contribution is -2.09. The van der Waals surface area contributed by atoms with Gasteiger partial charge in [0, 0.05) is 23.0 Å². The first-order valence-electron chi connectivity index (χ1n) is 6.83. The van der Waals surface area contributed by atoms with E-state index >= 15 is 0 Å². The molecule has 0 saturated heterocycles. The molecule has 3 rings (SSSR count). The van der Waals surface area contributed by atoms with Gasteiger partial charge in [-0.2, -0.15) is 0 Å². The summed E-state index contributed by atoms with van der Waals surface area (Å²) in [4.78, 5) is 9.13. The number of benzene rings is 1. The minimum Gasteiger partial charge on any atom is -0.495 e. The second-order valence-electron chi connectivity index (χ2n) is 5.06. The van der Waals surface area contributed by atoms with Crippen LogP contribution in [0.25, 0.3) is 21.5 Å². The highest BCUT2D eigenvalue weighted by Crippen LogP contribution is 2.37. The van der Waals surface area contributed by atoms with Crippen LogP contribution in [0.5, 0.6) is 5.75 Å². The number of nitrogens with one attached hydrogen (secondary N) is 1. The van der Waals surface area contributed by atoms with Crippen molar-refractivity contribution < 1.29 is 4.74 Å². The first kappa shape index (κ1) is 13.8. The van der Waals surface area contributed by atoms with Crippen LogP contribution in [0, 0.1) is 0 Å². The standard InChI is InChI=1S/C16H17N3OS/c1-10(2)18-14-9-21-16(19-14)12-8-17-13-7-5-4-6-11(13)15(12)20-3/h4-10,18H,1-3H3. The lowest BCUT2D eigenvalue weighted by Gasteiger charge is -2.09. The molecule has 108 valence electrons. The van der Waals surface area contributed by atoms with Crippen molar-refractivity contribution in [1.29, 1.82) is 0 Å². The van der Waals surface area contributed by atoms with E-state index in [-0.39, 0.29) is 0 Å². The molecule has 0 aliphatic rings. The van der Waals surface area contributed by atoms with Gasteiger partial charge in [0.05, 0.1) is 18.2 Å². The van der Waals surface area contributed by atoms with E-state index in [9.17, 15) is 0 Å². The lowest BCUT2D eigenvalue weighted by atomic mass is 10.1. The average Bonchev–Trinajstić information content (AvgIpc) is 2.93. The number of thiazole rings is 1. The number of hydrogen-bond acceptors (Lipinski definition) is 5.